The van der Waals surface area contributed by atoms with Crippen molar-refractivity contribution in [3.05, 3.63) is 83.9 Å². The maximum atomic E-state index is 12.7. The molecule has 0 aliphatic carbocycles. The molecule has 3 aromatic rings. The van der Waals surface area contributed by atoms with Crippen LogP contribution in [0, 0.1) is 6.92 Å². The fraction of sp³-hybridized carbons (Fsp3) is 0.321. The quantitative estimate of drug-likeness (QED) is 0.398. The third-order valence-corrected chi connectivity index (χ3v) is 7.63. The van der Waals surface area contributed by atoms with Crippen LogP contribution in [0.2, 0.25) is 0 Å². The summed E-state index contributed by atoms with van der Waals surface area (Å²) < 4.78 is 35.4. The molecule has 1 amide bonds. The molecule has 0 radical (unpaired) electrons. The number of methoxy groups -OCH3 is 1. The number of rotatable bonds is 9. The van der Waals surface area contributed by atoms with Gasteiger partial charge in [0.25, 0.3) is 0 Å². The van der Waals surface area contributed by atoms with E-state index in [9.17, 15) is 13.2 Å². The van der Waals surface area contributed by atoms with Gasteiger partial charge in [0, 0.05) is 38.3 Å². The molecule has 1 saturated heterocycles. The zero-order chi connectivity index (χ0) is 25.5. The van der Waals surface area contributed by atoms with Gasteiger partial charge in [0.1, 0.15) is 16.4 Å². The highest BCUT2D eigenvalue weighted by Crippen LogP contribution is 2.22. The molecule has 0 spiro atoms. The Bertz CT molecular complexity index is 1250. The highest BCUT2D eigenvalue weighted by molar-refractivity contribution is 7.87. The first kappa shape index (κ1) is 25.6. The van der Waals surface area contributed by atoms with Crippen LogP contribution in [0.1, 0.15) is 24.0 Å². The number of nitrogens with zero attached hydrogens (tertiary/aromatic N) is 2. The zero-order valence-corrected chi connectivity index (χ0v) is 21.5. The lowest BCUT2D eigenvalue weighted by atomic mass is 10.1. The molecule has 3 aromatic carbocycles. The Kier molecular flexibility index (Phi) is 8.15. The second-order valence-corrected chi connectivity index (χ2v) is 10.5. The lowest BCUT2D eigenvalue weighted by Gasteiger charge is -2.36. The summed E-state index contributed by atoms with van der Waals surface area (Å²) in [5, 5.41) is 0. The fourth-order valence-electron chi connectivity index (χ4n) is 4.20. The third-order valence-electron chi connectivity index (χ3n) is 6.36. The van der Waals surface area contributed by atoms with Crippen LogP contribution in [-0.2, 0) is 21.3 Å². The van der Waals surface area contributed by atoms with E-state index in [0.717, 1.165) is 48.5 Å². The molecule has 8 heteroatoms. The zero-order valence-electron chi connectivity index (χ0n) is 20.7. The Morgan fingerprint density at radius 3 is 2.06 bits per heavy atom. The first-order chi connectivity index (χ1) is 17.3. The van der Waals surface area contributed by atoms with Crippen molar-refractivity contribution < 1.29 is 22.1 Å². The molecule has 0 bridgehead atoms. The number of hydrogen-bond donors (Lipinski definition) is 0. The van der Waals surface area contributed by atoms with E-state index in [-0.39, 0.29) is 16.6 Å². The summed E-state index contributed by atoms with van der Waals surface area (Å²) >= 11 is 0. The monoisotopic (exact) mass is 508 g/mol. The van der Waals surface area contributed by atoms with Crippen LogP contribution in [0.3, 0.4) is 0 Å². The van der Waals surface area contributed by atoms with Crippen molar-refractivity contribution in [3.8, 4) is 11.5 Å². The minimum atomic E-state index is -3.87. The summed E-state index contributed by atoms with van der Waals surface area (Å²) in [5.74, 6) is 1.28. The Hall–Kier alpha value is -3.52. The van der Waals surface area contributed by atoms with E-state index in [2.05, 4.69) is 4.90 Å². The Balaban J connectivity index is 1.21. The Morgan fingerprint density at radius 2 is 1.44 bits per heavy atom. The van der Waals surface area contributed by atoms with E-state index in [1.54, 1.807) is 31.4 Å². The molecule has 1 heterocycles. The second-order valence-electron chi connectivity index (χ2n) is 8.91. The summed E-state index contributed by atoms with van der Waals surface area (Å²) in [6.07, 6.45) is 1.96. The SMILES string of the molecule is COc1ccc(N2CCN(C(=O)CCCc3ccc(OS(=O)(=O)c4ccc(C)cc4)cc3)CC2)cc1. The first-order valence-corrected chi connectivity index (χ1v) is 13.5. The van der Waals surface area contributed by atoms with E-state index in [1.165, 1.54) is 12.1 Å². The van der Waals surface area contributed by atoms with Gasteiger partial charge in [-0.1, -0.05) is 29.8 Å². The second kappa shape index (κ2) is 11.5. The molecule has 7 nitrogen and oxygen atoms in total. The third kappa shape index (κ3) is 6.57. The van der Waals surface area contributed by atoms with E-state index >= 15 is 0 Å². The number of benzene rings is 3. The van der Waals surface area contributed by atoms with E-state index in [4.69, 9.17) is 8.92 Å². The first-order valence-electron chi connectivity index (χ1n) is 12.1. The summed E-state index contributed by atoms with van der Waals surface area (Å²) in [6, 6.07) is 21.5. The van der Waals surface area contributed by atoms with Gasteiger partial charge in [0.2, 0.25) is 5.91 Å². The molecule has 1 aliphatic heterocycles. The summed E-state index contributed by atoms with van der Waals surface area (Å²) in [5.41, 5.74) is 3.15. The molecule has 0 atom stereocenters. The predicted octanol–water partition coefficient (Wildman–Crippen LogP) is 4.44. The van der Waals surface area contributed by atoms with Gasteiger partial charge in [-0.2, -0.15) is 8.42 Å². The Morgan fingerprint density at radius 1 is 0.833 bits per heavy atom. The van der Waals surface area contributed by atoms with Gasteiger partial charge in [-0.05, 0) is 73.9 Å². The van der Waals surface area contributed by atoms with Crippen molar-refractivity contribution >= 4 is 21.7 Å². The van der Waals surface area contributed by atoms with Gasteiger partial charge < -0.3 is 18.7 Å². The molecular weight excluding hydrogens is 476 g/mol. The number of amides is 1. The largest absolute Gasteiger partial charge is 0.497 e. The van der Waals surface area contributed by atoms with Crippen LogP contribution in [0.25, 0.3) is 0 Å². The number of carbonyl (C=O) groups excluding carboxylic acids is 1. The molecule has 1 fully saturated rings. The van der Waals surface area contributed by atoms with Crippen molar-refractivity contribution in [2.75, 3.05) is 38.2 Å². The van der Waals surface area contributed by atoms with E-state index < -0.39 is 10.1 Å². The van der Waals surface area contributed by atoms with Gasteiger partial charge >= 0.3 is 10.1 Å². The lowest BCUT2D eigenvalue weighted by molar-refractivity contribution is -0.131. The standard InChI is InChI=1S/C28H32N2O5S/c1-22-6-16-27(17-7-22)36(32,33)35-26-12-8-23(9-13-26)4-3-5-28(31)30-20-18-29(19-21-30)24-10-14-25(34-2)15-11-24/h6-17H,3-5,18-21H2,1-2H3. The van der Waals surface area contributed by atoms with Gasteiger partial charge in [0.15, 0.2) is 0 Å². The van der Waals surface area contributed by atoms with Crippen LogP contribution in [0.15, 0.2) is 77.7 Å². The molecule has 36 heavy (non-hydrogen) atoms. The van der Waals surface area contributed by atoms with Crippen LogP contribution in [0.4, 0.5) is 5.69 Å². The molecule has 1 aliphatic rings. The topological polar surface area (TPSA) is 76.2 Å². The summed E-state index contributed by atoms with van der Waals surface area (Å²) in [7, 11) is -2.21. The van der Waals surface area contributed by atoms with Gasteiger partial charge in [-0.3, -0.25) is 4.79 Å². The number of carbonyl (C=O) groups is 1. The Labute approximate surface area is 213 Å². The summed E-state index contributed by atoms with van der Waals surface area (Å²) in [6.45, 7) is 4.95. The fourth-order valence-corrected chi connectivity index (χ4v) is 5.13. The number of aryl methyl sites for hydroxylation is 2. The molecule has 0 saturated carbocycles. The van der Waals surface area contributed by atoms with Crippen LogP contribution in [0.5, 0.6) is 11.5 Å². The van der Waals surface area contributed by atoms with Crippen molar-refractivity contribution in [2.24, 2.45) is 0 Å². The summed E-state index contributed by atoms with van der Waals surface area (Å²) in [4.78, 5) is 17.0. The minimum absolute atomic E-state index is 0.125. The maximum absolute atomic E-state index is 12.7. The van der Waals surface area contributed by atoms with Crippen LogP contribution >= 0.6 is 0 Å². The number of piperazine rings is 1. The highest BCUT2D eigenvalue weighted by Gasteiger charge is 2.21. The number of hydrogen-bond acceptors (Lipinski definition) is 6. The van der Waals surface area contributed by atoms with Crippen molar-refractivity contribution in [1.29, 1.82) is 0 Å². The number of anilines is 1. The molecule has 4 rings (SSSR count). The number of ether oxygens (including phenoxy) is 1. The van der Waals surface area contributed by atoms with Gasteiger partial charge in [-0.15, -0.1) is 0 Å². The van der Waals surface area contributed by atoms with Crippen LogP contribution < -0.4 is 13.8 Å². The van der Waals surface area contributed by atoms with Gasteiger partial charge in [0.05, 0.1) is 7.11 Å². The van der Waals surface area contributed by atoms with E-state index in [1.807, 2.05) is 48.2 Å². The predicted molar refractivity (Wildman–Crippen MR) is 140 cm³/mol. The average molecular weight is 509 g/mol. The highest BCUT2D eigenvalue weighted by atomic mass is 32.2. The van der Waals surface area contributed by atoms with Gasteiger partial charge in [-0.25, -0.2) is 0 Å². The molecule has 190 valence electrons. The minimum Gasteiger partial charge on any atom is -0.497 e. The lowest BCUT2D eigenvalue weighted by Crippen LogP contribution is -2.48. The van der Waals surface area contributed by atoms with Crippen molar-refractivity contribution in [3.63, 3.8) is 0 Å². The molecule has 0 unspecified atom stereocenters. The van der Waals surface area contributed by atoms with E-state index in [0.29, 0.717) is 19.5 Å². The van der Waals surface area contributed by atoms with Crippen molar-refractivity contribution in [1.82, 2.24) is 4.90 Å². The van der Waals surface area contributed by atoms with Crippen LogP contribution in [-0.4, -0.2) is 52.5 Å². The van der Waals surface area contributed by atoms with Crippen molar-refractivity contribution in [2.45, 2.75) is 31.1 Å². The molecule has 0 N–H and O–H groups in total. The normalized spacial score (nSPS) is 13.9. The smallest absolute Gasteiger partial charge is 0.339 e. The average Bonchev–Trinajstić information content (AvgIpc) is 2.90. The molecular formula is C28H32N2O5S. The molecule has 0 aromatic heterocycles. The maximum Gasteiger partial charge on any atom is 0.339 e.